The van der Waals surface area contributed by atoms with Crippen molar-refractivity contribution >= 4 is 40.1 Å². The highest BCUT2D eigenvalue weighted by Crippen LogP contribution is 2.21. The average molecular weight is 336 g/mol. The number of thiazole rings is 1. The first-order chi connectivity index (χ1) is 10.6. The second-order valence-electron chi connectivity index (χ2n) is 4.17. The van der Waals surface area contributed by atoms with Crippen molar-refractivity contribution < 1.29 is 14.3 Å². The number of hydrogen-bond acceptors (Lipinski definition) is 6. The maximum Gasteiger partial charge on any atom is 0.357 e. The second kappa shape index (κ2) is 7.95. The van der Waals surface area contributed by atoms with Gasteiger partial charge in [-0.2, -0.15) is 0 Å². The van der Waals surface area contributed by atoms with Crippen molar-refractivity contribution in [3.63, 3.8) is 0 Å². The number of benzene rings is 1. The van der Waals surface area contributed by atoms with Crippen LogP contribution < -0.4 is 5.32 Å². The van der Waals surface area contributed by atoms with Crippen LogP contribution in [-0.2, 0) is 4.74 Å². The number of esters is 1. The van der Waals surface area contributed by atoms with Gasteiger partial charge in [0.05, 0.1) is 6.61 Å². The normalized spacial score (nSPS) is 10.3. The van der Waals surface area contributed by atoms with Gasteiger partial charge in [-0.3, -0.25) is 10.1 Å². The largest absolute Gasteiger partial charge is 0.461 e. The minimum atomic E-state index is -0.486. The Kier molecular flexibility index (Phi) is 5.97. The predicted octanol–water partition coefficient (Wildman–Crippen LogP) is 3.68. The molecule has 1 N–H and O–H groups in total. The summed E-state index contributed by atoms with van der Waals surface area (Å²) in [7, 11) is 0. The summed E-state index contributed by atoms with van der Waals surface area (Å²) >= 11 is 2.86. The quantitative estimate of drug-likeness (QED) is 0.644. The Labute approximate surface area is 137 Å². The smallest absolute Gasteiger partial charge is 0.357 e. The minimum absolute atomic E-state index is 0.206. The number of aromatic nitrogens is 1. The molecule has 2 rings (SSSR count). The lowest BCUT2D eigenvalue weighted by atomic mass is 10.2. The van der Waals surface area contributed by atoms with Crippen molar-refractivity contribution in [2.75, 3.05) is 17.7 Å². The fourth-order valence-electron chi connectivity index (χ4n) is 1.69. The van der Waals surface area contributed by atoms with E-state index in [1.165, 1.54) is 11.3 Å². The van der Waals surface area contributed by atoms with E-state index in [0.29, 0.717) is 17.3 Å². The lowest BCUT2D eigenvalue weighted by molar-refractivity contribution is 0.0520. The van der Waals surface area contributed by atoms with Crippen LogP contribution in [0.1, 0.15) is 34.7 Å². The van der Waals surface area contributed by atoms with Crippen LogP contribution in [0.4, 0.5) is 5.13 Å². The van der Waals surface area contributed by atoms with E-state index in [1.54, 1.807) is 30.1 Å². The first-order valence-corrected chi connectivity index (χ1v) is 8.67. The van der Waals surface area contributed by atoms with E-state index in [-0.39, 0.29) is 11.6 Å². The summed E-state index contributed by atoms with van der Waals surface area (Å²) < 4.78 is 4.86. The van der Waals surface area contributed by atoms with Crippen LogP contribution in [-0.4, -0.2) is 29.2 Å². The molecule has 1 amide bonds. The fourth-order valence-corrected chi connectivity index (χ4v) is 3.09. The molecule has 0 spiro atoms. The van der Waals surface area contributed by atoms with Gasteiger partial charge in [-0.15, -0.1) is 23.1 Å². The highest BCUT2D eigenvalue weighted by atomic mass is 32.2. The zero-order valence-corrected chi connectivity index (χ0v) is 13.9. The first kappa shape index (κ1) is 16.5. The number of ether oxygens (including phenoxy) is 1. The summed E-state index contributed by atoms with van der Waals surface area (Å²) in [6, 6.07) is 7.39. The van der Waals surface area contributed by atoms with Gasteiger partial charge in [0.1, 0.15) is 0 Å². The van der Waals surface area contributed by atoms with E-state index in [1.807, 2.05) is 18.2 Å². The van der Waals surface area contributed by atoms with Gasteiger partial charge >= 0.3 is 5.97 Å². The SMILES string of the molecule is CCOC(=O)c1csc(NC(=O)c2cccc(SCC)c2)n1. The molecule has 22 heavy (non-hydrogen) atoms. The van der Waals surface area contributed by atoms with Crippen molar-refractivity contribution in [2.45, 2.75) is 18.7 Å². The molecule has 1 aromatic heterocycles. The standard InChI is InChI=1S/C15H16N2O3S2/c1-3-20-14(19)12-9-22-15(16-12)17-13(18)10-6-5-7-11(8-10)21-4-2/h5-9H,3-4H2,1-2H3,(H,16,17,18). The number of carbonyl (C=O) groups excluding carboxylic acids is 2. The van der Waals surface area contributed by atoms with Crippen LogP contribution >= 0.6 is 23.1 Å². The highest BCUT2D eigenvalue weighted by Gasteiger charge is 2.14. The number of nitrogens with one attached hydrogen (secondary N) is 1. The van der Waals surface area contributed by atoms with Gasteiger partial charge in [0.25, 0.3) is 5.91 Å². The summed E-state index contributed by atoms with van der Waals surface area (Å²) in [4.78, 5) is 28.8. The van der Waals surface area contributed by atoms with Gasteiger partial charge in [0.2, 0.25) is 0 Å². The Hall–Kier alpha value is -1.86. The first-order valence-electron chi connectivity index (χ1n) is 6.81. The maximum atomic E-state index is 12.2. The lowest BCUT2D eigenvalue weighted by Crippen LogP contribution is -2.12. The summed E-state index contributed by atoms with van der Waals surface area (Å²) in [6.07, 6.45) is 0. The molecule has 0 saturated carbocycles. The van der Waals surface area contributed by atoms with Crippen molar-refractivity contribution in [2.24, 2.45) is 0 Å². The Morgan fingerprint density at radius 2 is 2.18 bits per heavy atom. The number of hydrogen-bond donors (Lipinski definition) is 1. The molecular weight excluding hydrogens is 320 g/mol. The van der Waals surface area contributed by atoms with E-state index >= 15 is 0 Å². The molecule has 116 valence electrons. The predicted molar refractivity (Wildman–Crippen MR) is 88.9 cm³/mol. The van der Waals surface area contributed by atoms with Gasteiger partial charge < -0.3 is 4.74 Å². The minimum Gasteiger partial charge on any atom is -0.461 e. The van der Waals surface area contributed by atoms with Crippen LogP contribution in [0.2, 0.25) is 0 Å². The van der Waals surface area contributed by atoms with Gasteiger partial charge in [-0.1, -0.05) is 13.0 Å². The zero-order chi connectivity index (χ0) is 15.9. The Morgan fingerprint density at radius 1 is 1.36 bits per heavy atom. The van der Waals surface area contributed by atoms with Gasteiger partial charge in [-0.25, -0.2) is 9.78 Å². The Balaban J connectivity index is 2.05. The Morgan fingerprint density at radius 3 is 2.91 bits per heavy atom. The van der Waals surface area contributed by atoms with Gasteiger partial charge in [-0.05, 0) is 30.9 Å². The second-order valence-corrected chi connectivity index (χ2v) is 6.37. The summed E-state index contributed by atoms with van der Waals surface area (Å²) in [6.45, 7) is 4.08. The van der Waals surface area contributed by atoms with E-state index < -0.39 is 5.97 Å². The zero-order valence-electron chi connectivity index (χ0n) is 12.3. The molecule has 1 aromatic carbocycles. The van der Waals surface area contributed by atoms with Crippen molar-refractivity contribution in [1.82, 2.24) is 4.98 Å². The van der Waals surface area contributed by atoms with Crippen LogP contribution in [0.15, 0.2) is 34.5 Å². The van der Waals surface area contributed by atoms with E-state index in [4.69, 9.17) is 4.74 Å². The molecule has 0 aliphatic carbocycles. The molecule has 0 aliphatic rings. The molecule has 0 saturated heterocycles. The van der Waals surface area contributed by atoms with Crippen LogP contribution in [0.25, 0.3) is 0 Å². The van der Waals surface area contributed by atoms with Crippen LogP contribution in [0.3, 0.4) is 0 Å². The Bertz CT molecular complexity index is 670. The number of thioether (sulfide) groups is 1. The number of amides is 1. The van der Waals surface area contributed by atoms with E-state index in [2.05, 4.69) is 17.2 Å². The van der Waals surface area contributed by atoms with Crippen molar-refractivity contribution in [1.29, 1.82) is 0 Å². The lowest BCUT2D eigenvalue weighted by Gasteiger charge is -2.04. The molecule has 0 bridgehead atoms. The third-order valence-electron chi connectivity index (χ3n) is 2.62. The third-order valence-corrected chi connectivity index (χ3v) is 4.25. The number of nitrogens with zero attached hydrogens (tertiary/aromatic N) is 1. The molecule has 0 unspecified atom stereocenters. The molecule has 0 radical (unpaired) electrons. The summed E-state index contributed by atoms with van der Waals surface area (Å²) in [5.74, 6) is 0.212. The molecule has 7 heteroatoms. The van der Waals surface area contributed by atoms with E-state index in [9.17, 15) is 9.59 Å². The third kappa shape index (κ3) is 4.32. The fraction of sp³-hybridized carbons (Fsp3) is 0.267. The van der Waals surface area contributed by atoms with Gasteiger partial charge in [0.15, 0.2) is 10.8 Å². The highest BCUT2D eigenvalue weighted by molar-refractivity contribution is 7.99. The van der Waals surface area contributed by atoms with Crippen LogP contribution in [0.5, 0.6) is 0 Å². The monoisotopic (exact) mass is 336 g/mol. The average Bonchev–Trinajstić information content (AvgIpc) is 2.97. The molecule has 2 aromatic rings. The molecule has 0 fully saturated rings. The molecule has 0 atom stereocenters. The van der Waals surface area contributed by atoms with Crippen molar-refractivity contribution in [3.05, 3.63) is 40.9 Å². The van der Waals surface area contributed by atoms with Gasteiger partial charge in [0, 0.05) is 15.8 Å². The number of carbonyl (C=O) groups is 2. The van der Waals surface area contributed by atoms with Crippen LogP contribution in [0, 0.1) is 0 Å². The summed E-state index contributed by atoms with van der Waals surface area (Å²) in [5, 5.41) is 4.64. The number of anilines is 1. The number of rotatable bonds is 6. The summed E-state index contributed by atoms with van der Waals surface area (Å²) in [5.41, 5.74) is 0.767. The maximum absolute atomic E-state index is 12.2. The topological polar surface area (TPSA) is 68.3 Å². The molecule has 5 nitrogen and oxygen atoms in total. The van der Waals surface area contributed by atoms with E-state index in [0.717, 1.165) is 10.6 Å². The molecule has 0 aliphatic heterocycles. The molecule has 1 heterocycles. The van der Waals surface area contributed by atoms with Crippen molar-refractivity contribution in [3.8, 4) is 0 Å². The molecular formula is C15H16N2O3S2.